The fraction of sp³-hybridized carbons (Fsp3) is 0.0769. The fourth-order valence-electron chi connectivity index (χ4n) is 1.72. The van der Waals surface area contributed by atoms with Crippen molar-refractivity contribution in [3.8, 4) is 28.9 Å². The highest BCUT2D eigenvalue weighted by Gasteiger charge is 2.15. The number of nitrogen functional groups attached to an aromatic ring is 1. The number of nitrogens with two attached hydrogens (primary N) is 1. The fourth-order valence-corrected chi connectivity index (χ4v) is 1.72. The number of halogens is 1. The van der Waals surface area contributed by atoms with Gasteiger partial charge < -0.3 is 15.0 Å². The van der Waals surface area contributed by atoms with Gasteiger partial charge in [0.2, 0.25) is 11.7 Å². The summed E-state index contributed by atoms with van der Waals surface area (Å²) in [6, 6.07) is 5.76. The molecule has 2 N–H and O–H groups in total. The van der Waals surface area contributed by atoms with Gasteiger partial charge in [-0.25, -0.2) is 14.4 Å². The van der Waals surface area contributed by atoms with E-state index in [2.05, 4.69) is 20.1 Å². The molecule has 0 saturated carbocycles. The highest BCUT2D eigenvalue weighted by molar-refractivity contribution is 5.60. The van der Waals surface area contributed by atoms with E-state index in [0.29, 0.717) is 17.3 Å². The van der Waals surface area contributed by atoms with Crippen LogP contribution in [-0.2, 0) is 0 Å². The number of nitrogens with zero attached hydrogens (tertiary/aromatic N) is 4. The quantitative estimate of drug-likeness (QED) is 0.734. The summed E-state index contributed by atoms with van der Waals surface area (Å²) < 4.78 is 23.9. The lowest BCUT2D eigenvalue weighted by Crippen LogP contribution is -1.92. The first-order valence-corrected chi connectivity index (χ1v) is 5.93. The average Bonchev–Trinajstić information content (AvgIpc) is 2.97. The first-order chi connectivity index (χ1) is 10.2. The smallest absolute Gasteiger partial charge is 0.261 e. The predicted molar refractivity (Wildman–Crippen MR) is 71.7 cm³/mol. The summed E-state index contributed by atoms with van der Waals surface area (Å²) in [6.45, 7) is 0. The highest BCUT2D eigenvalue weighted by Crippen LogP contribution is 2.25. The molecule has 0 spiro atoms. The van der Waals surface area contributed by atoms with Crippen LogP contribution in [0.3, 0.4) is 0 Å². The molecule has 0 atom stereocenters. The Morgan fingerprint density at radius 1 is 1.24 bits per heavy atom. The van der Waals surface area contributed by atoms with Crippen LogP contribution in [-0.4, -0.2) is 27.2 Å². The molecule has 0 aliphatic rings. The molecule has 0 unspecified atom stereocenters. The first-order valence-electron chi connectivity index (χ1n) is 5.93. The van der Waals surface area contributed by atoms with E-state index in [0.717, 1.165) is 0 Å². The van der Waals surface area contributed by atoms with Crippen molar-refractivity contribution in [1.82, 2.24) is 20.1 Å². The lowest BCUT2D eigenvalue weighted by atomic mass is 10.2. The van der Waals surface area contributed by atoms with E-state index < -0.39 is 5.82 Å². The summed E-state index contributed by atoms with van der Waals surface area (Å²) in [5.41, 5.74) is 6.39. The molecule has 0 aliphatic heterocycles. The van der Waals surface area contributed by atoms with Crippen LogP contribution >= 0.6 is 0 Å². The standard InChI is InChI=1S/C13H10FN5O2/c1-20-11-5-10(16-6-17-11)12-18-13(21-19-12)8-3-2-7(15)4-9(8)14/h2-6H,15H2,1H3. The molecule has 0 fully saturated rings. The molecule has 8 heteroatoms. The maximum atomic E-state index is 13.8. The van der Waals surface area contributed by atoms with Crippen LogP contribution in [0.2, 0.25) is 0 Å². The lowest BCUT2D eigenvalue weighted by Gasteiger charge is -1.98. The summed E-state index contributed by atoms with van der Waals surface area (Å²) in [4.78, 5) is 12.0. The van der Waals surface area contributed by atoms with E-state index in [-0.39, 0.29) is 17.3 Å². The van der Waals surface area contributed by atoms with Crippen LogP contribution in [0, 0.1) is 5.82 Å². The minimum atomic E-state index is -0.537. The van der Waals surface area contributed by atoms with Crippen LogP contribution in [0.5, 0.6) is 5.88 Å². The van der Waals surface area contributed by atoms with Gasteiger partial charge in [0.1, 0.15) is 17.8 Å². The predicted octanol–water partition coefficient (Wildman–Crippen LogP) is 1.92. The van der Waals surface area contributed by atoms with Gasteiger partial charge in [0.15, 0.2) is 0 Å². The average molecular weight is 287 g/mol. The van der Waals surface area contributed by atoms with E-state index in [1.165, 1.54) is 25.6 Å². The van der Waals surface area contributed by atoms with Crippen LogP contribution in [0.25, 0.3) is 23.0 Å². The Labute approximate surface area is 118 Å². The molecular weight excluding hydrogens is 277 g/mol. The molecule has 106 valence electrons. The van der Waals surface area contributed by atoms with Crippen molar-refractivity contribution >= 4 is 5.69 Å². The van der Waals surface area contributed by atoms with E-state index in [9.17, 15) is 4.39 Å². The van der Waals surface area contributed by atoms with Gasteiger partial charge in [0, 0.05) is 11.8 Å². The van der Waals surface area contributed by atoms with Crippen molar-refractivity contribution in [2.24, 2.45) is 0 Å². The zero-order valence-electron chi connectivity index (χ0n) is 10.9. The largest absolute Gasteiger partial charge is 0.481 e. The first kappa shape index (κ1) is 13.0. The minimum Gasteiger partial charge on any atom is -0.481 e. The molecule has 2 aromatic heterocycles. The number of anilines is 1. The molecule has 3 aromatic rings. The summed E-state index contributed by atoms with van der Waals surface area (Å²) >= 11 is 0. The normalized spacial score (nSPS) is 10.6. The molecule has 0 bridgehead atoms. The van der Waals surface area contributed by atoms with Gasteiger partial charge >= 0.3 is 0 Å². The van der Waals surface area contributed by atoms with Gasteiger partial charge in [-0.3, -0.25) is 0 Å². The van der Waals surface area contributed by atoms with Crippen LogP contribution in [0.15, 0.2) is 35.1 Å². The summed E-state index contributed by atoms with van der Waals surface area (Å²) in [7, 11) is 1.48. The Morgan fingerprint density at radius 3 is 2.86 bits per heavy atom. The second-order valence-electron chi connectivity index (χ2n) is 4.11. The topological polar surface area (TPSA) is 100.0 Å². The molecule has 0 radical (unpaired) electrons. The Bertz CT molecular complexity index is 790. The van der Waals surface area contributed by atoms with Gasteiger partial charge in [0.25, 0.3) is 5.89 Å². The number of aromatic nitrogens is 4. The molecule has 0 amide bonds. The summed E-state index contributed by atoms with van der Waals surface area (Å²) in [6.07, 6.45) is 1.31. The molecular formula is C13H10FN5O2. The molecule has 2 heterocycles. The van der Waals surface area contributed by atoms with Crippen molar-refractivity contribution in [3.05, 3.63) is 36.4 Å². The number of methoxy groups -OCH3 is 1. The van der Waals surface area contributed by atoms with Gasteiger partial charge in [-0.15, -0.1) is 0 Å². The Hall–Kier alpha value is -3.03. The van der Waals surface area contributed by atoms with Crippen LogP contribution in [0.4, 0.5) is 10.1 Å². The van der Waals surface area contributed by atoms with E-state index in [1.807, 2.05) is 0 Å². The van der Waals surface area contributed by atoms with Crippen LogP contribution in [0.1, 0.15) is 0 Å². The van der Waals surface area contributed by atoms with Crippen molar-refractivity contribution < 1.29 is 13.7 Å². The Morgan fingerprint density at radius 2 is 2.10 bits per heavy atom. The SMILES string of the molecule is COc1cc(-c2noc(-c3ccc(N)cc3F)n2)ncn1. The van der Waals surface area contributed by atoms with E-state index >= 15 is 0 Å². The van der Waals surface area contributed by atoms with Crippen molar-refractivity contribution in [2.45, 2.75) is 0 Å². The zero-order chi connectivity index (χ0) is 14.8. The third kappa shape index (κ3) is 2.50. The molecule has 7 nitrogen and oxygen atoms in total. The van der Waals surface area contributed by atoms with Gasteiger partial charge in [-0.05, 0) is 18.2 Å². The molecule has 3 rings (SSSR count). The number of hydrogen-bond acceptors (Lipinski definition) is 7. The maximum Gasteiger partial charge on any atom is 0.261 e. The molecule has 1 aromatic carbocycles. The number of ether oxygens (including phenoxy) is 1. The number of hydrogen-bond donors (Lipinski definition) is 1. The number of benzene rings is 1. The van der Waals surface area contributed by atoms with Crippen molar-refractivity contribution in [1.29, 1.82) is 0 Å². The third-order valence-electron chi connectivity index (χ3n) is 2.73. The lowest BCUT2D eigenvalue weighted by molar-refractivity contribution is 0.397. The monoisotopic (exact) mass is 287 g/mol. The van der Waals surface area contributed by atoms with Gasteiger partial charge in [-0.1, -0.05) is 5.16 Å². The number of rotatable bonds is 3. The minimum absolute atomic E-state index is 0.0417. The van der Waals surface area contributed by atoms with E-state index in [4.69, 9.17) is 15.0 Å². The second kappa shape index (κ2) is 5.16. The zero-order valence-corrected chi connectivity index (χ0v) is 10.9. The second-order valence-corrected chi connectivity index (χ2v) is 4.11. The van der Waals surface area contributed by atoms with Gasteiger partial charge in [-0.2, -0.15) is 4.98 Å². The summed E-state index contributed by atoms with van der Waals surface area (Å²) in [5.74, 6) is 0.0810. The van der Waals surface area contributed by atoms with Crippen molar-refractivity contribution in [2.75, 3.05) is 12.8 Å². The Balaban J connectivity index is 1.99. The molecule has 0 aliphatic carbocycles. The van der Waals surface area contributed by atoms with Crippen molar-refractivity contribution in [3.63, 3.8) is 0 Å². The third-order valence-corrected chi connectivity index (χ3v) is 2.73. The maximum absolute atomic E-state index is 13.8. The molecule has 0 saturated heterocycles. The Kier molecular flexibility index (Phi) is 3.19. The van der Waals surface area contributed by atoms with Gasteiger partial charge in [0.05, 0.1) is 12.7 Å². The van der Waals surface area contributed by atoms with Crippen LogP contribution < -0.4 is 10.5 Å². The highest BCUT2D eigenvalue weighted by atomic mass is 19.1. The molecule has 21 heavy (non-hydrogen) atoms. The summed E-state index contributed by atoms with van der Waals surface area (Å²) in [5, 5.41) is 3.77. The van der Waals surface area contributed by atoms with E-state index in [1.54, 1.807) is 12.1 Å².